The third-order valence-corrected chi connectivity index (χ3v) is 3.57. The van der Waals surface area contributed by atoms with Gasteiger partial charge in [0, 0.05) is 12.6 Å². The molecule has 3 aromatic rings. The first-order valence-electron chi connectivity index (χ1n) is 7.45. The van der Waals surface area contributed by atoms with Crippen molar-refractivity contribution >= 4 is 29.4 Å². The second-order valence-electron chi connectivity index (χ2n) is 5.30. The molecule has 1 unspecified atom stereocenters. The summed E-state index contributed by atoms with van der Waals surface area (Å²) in [5.41, 5.74) is 7.50. The fourth-order valence-corrected chi connectivity index (χ4v) is 2.27. The Bertz CT molecular complexity index is 976. The fraction of sp³-hybridized carbons (Fsp3) is 0.235. The van der Waals surface area contributed by atoms with Gasteiger partial charge < -0.3 is 15.4 Å². The van der Waals surface area contributed by atoms with Gasteiger partial charge in [-0.25, -0.2) is 19.3 Å². The maximum absolute atomic E-state index is 13.5. The van der Waals surface area contributed by atoms with Crippen LogP contribution in [0.5, 0.6) is 0 Å². The molecule has 2 heterocycles. The number of hydrogen-bond acceptors (Lipinski definition) is 5. The molecule has 1 atom stereocenters. The molecule has 0 saturated heterocycles. The van der Waals surface area contributed by atoms with Gasteiger partial charge in [-0.3, -0.25) is 0 Å². The summed E-state index contributed by atoms with van der Waals surface area (Å²) in [5, 5.41) is 9.52. The maximum atomic E-state index is 13.5. The molecule has 1 aromatic carbocycles. The monoisotopic (exact) mass is 361 g/mol. The van der Waals surface area contributed by atoms with E-state index in [4.69, 9.17) is 5.73 Å². The summed E-state index contributed by atoms with van der Waals surface area (Å²) in [6.45, 7) is 1.82. The molecular weight excluding hydrogens is 345 g/mol. The van der Waals surface area contributed by atoms with Gasteiger partial charge in [0.2, 0.25) is 5.82 Å². The molecule has 6 nitrogen and oxygen atoms in total. The van der Waals surface area contributed by atoms with Gasteiger partial charge in [0.05, 0.1) is 0 Å². The zero-order valence-corrected chi connectivity index (χ0v) is 14.5. The number of aryl methyl sites for hydroxylation is 1. The van der Waals surface area contributed by atoms with Gasteiger partial charge in [0.15, 0.2) is 17.0 Å². The summed E-state index contributed by atoms with van der Waals surface area (Å²) >= 11 is 0. The van der Waals surface area contributed by atoms with Gasteiger partial charge >= 0.3 is 0 Å². The highest BCUT2D eigenvalue weighted by molar-refractivity contribution is 5.86. The number of rotatable bonds is 2. The Morgan fingerprint density at radius 2 is 2.08 bits per heavy atom. The molecule has 0 aliphatic heterocycles. The van der Waals surface area contributed by atoms with Crippen molar-refractivity contribution in [2.45, 2.75) is 19.4 Å². The zero-order chi connectivity index (χ0) is 17.3. The van der Waals surface area contributed by atoms with Crippen LogP contribution in [0.15, 0.2) is 24.3 Å². The molecule has 0 spiro atoms. The van der Waals surface area contributed by atoms with Crippen molar-refractivity contribution in [2.24, 2.45) is 7.05 Å². The molecule has 0 aliphatic carbocycles. The van der Waals surface area contributed by atoms with Gasteiger partial charge in [0.25, 0.3) is 0 Å². The topological polar surface area (TPSA) is 89.9 Å². The van der Waals surface area contributed by atoms with Crippen LogP contribution in [0.25, 0.3) is 22.6 Å². The van der Waals surface area contributed by atoms with E-state index in [-0.39, 0.29) is 29.9 Å². The molecule has 25 heavy (non-hydrogen) atoms. The lowest BCUT2D eigenvalue weighted by Crippen LogP contribution is -2.02. The molecule has 0 amide bonds. The third kappa shape index (κ3) is 3.71. The predicted molar refractivity (Wildman–Crippen MR) is 96.5 cm³/mol. The van der Waals surface area contributed by atoms with Crippen LogP contribution in [-0.4, -0.2) is 30.7 Å². The Kier molecular flexibility index (Phi) is 5.57. The van der Waals surface area contributed by atoms with Gasteiger partial charge in [-0.15, -0.1) is 12.4 Å². The second-order valence-corrected chi connectivity index (χ2v) is 5.30. The van der Waals surface area contributed by atoms with E-state index in [0.717, 1.165) is 0 Å². The van der Waals surface area contributed by atoms with Crippen LogP contribution in [0.2, 0.25) is 0 Å². The van der Waals surface area contributed by atoms with Crippen molar-refractivity contribution < 1.29 is 9.50 Å². The van der Waals surface area contributed by atoms with Crippen molar-refractivity contribution in [1.82, 2.24) is 19.5 Å². The highest BCUT2D eigenvalue weighted by Gasteiger charge is 2.15. The molecule has 130 valence electrons. The van der Waals surface area contributed by atoms with Gasteiger partial charge in [-0.2, -0.15) is 0 Å². The first-order chi connectivity index (χ1) is 11.5. The van der Waals surface area contributed by atoms with Crippen LogP contribution < -0.4 is 5.73 Å². The van der Waals surface area contributed by atoms with E-state index in [1.54, 1.807) is 23.7 Å². The number of benzene rings is 1. The van der Waals surface area contributed by atoms with Gasteiger partial charge in [-0.05, 0) is 24.5 Å². The lowest BCUT2D eigenvalue weighted by Gasteiger charge is -2.02. The van der Waals surface area contributed by atoms with E-state index in [1.165, 1.54) is 12.1 Å². The fourth-order valence-electron chi connectivity index (χ4n) is 2.27. The van der Waals surface area contributed by atoms with Crippen molar-refractivity contribution in [1.29, 1.82) is 0 Å². The van der Waals surface area contributed by atoms with E-state index in [1.807, 2.05) is 6.92 Å². The van der Waals surface area contributed by atoms with E-state index < -0.39 is 6.10 Å². The van der Waals surface area contributed by atoms with Gasteiger partial charge in [-0.1, -0.05) is 25.0 Å². The van der Waals surface area contributed by atoms with Crippen LogP contribution in [0.3, 0.4) is 0 Å². The molecule has 0 radical (unpaired) electrons. The number of anilines is 1. The van der Waals surface area contributed by atoms with Crippen LogP contribution in [0.1, 0.15) is 19.2 Å². The molecule has 0 fully saturated rings. The van der Waals surface area contributed by atoms with Crippen molar-refractivity contribution in [2.75, 3.05) is 5.73 Å². The summed E-state index contributed by atoms with van der Waals surface area (Å²) in [4.78, 5) is 12.9. The average Bonchev–Trinajstić information content (AvgIpc) is 2.90. The Morgan fingerprint density at radius 1 is 1.32 bits per heavy atom. The number of nitrogens with zero attached hydrogens (tertiary/aromatic N) is 4. The summed E-state index contributed by atoms with van der Waals surface area (Å²) < 4.78 is 15.2. The lowest BCUT2D eigenvalue weighted by atomic mass is 10.2. The number of halogens is 2. The molecule has 2 aromatic heterocycles. The molecule has 3 rings (SSSR count). The van der Waals surface area contributed by atoms with Crippen LogP contribution in [0.4, 0.5) is 10.2 Å². The number of imidazole rings is 1. The summed E-state index contributed by atoms with van der Waals surface area (Å²) in [6.07, 6.45) is -0.222. The quantitative estimate of drug-likeness (QED) is 0.683. The van der Waals surface area contributed by atoms with E-state index in [9.17, 15) is 9.50 Å². The normalized spacial score (nSPS) is 11.5. The first-order valence-corrected chi connectivity index (χ1v) is 7.45. The Balaban J connectivity index is 0.00000225. The second kappa shape index (κ2) is 7.47. The van der Waals surface area contributed by atoms with Crippen molar-refractivity contribution in [3.05, 3.63) is 35.9 Å². The lowest BCUT2D eigenvalue weighted by molar-refractivity contribution is 0.228. The minimum atomic E-state index is -0.736. The molecule has 8 heteroatoms. The van der Waals surface area contributed by atoms with E-state index >= 15 is 0 Å². The Morgan fingerprint density at radius 3 is 2.76 bits per heavy atom. The van der Waals surface area contributed by atoms with Crippen LogP contribution in [-0.2, 0) is 7.05 Å². The number of hydrogen-bond donors (Lipinski definition) is 2. The number of aromatic nitrogens is 4. The highest BCUT2D eigenvalue weighted by Crippen LogP contribution is 2.25. The van der Waals surface area contributed by atoms with Crippen LogP contribution >= 0.6 is 12.4 Å². The molecule has 0 saturated carbocycles. The standard InChI is InChI=1S/C17H16FN5O.ClH/c1-3-12(24)7-8-13-20-15(19)14-17(21-13)23(2)16(22-14)10-5-4-6-11(18)9-10;/h4-6,9,12,24H,3H2,1-2H3,(H2,19,20,21);1H. The Labute approximate surface area is 150 Å². The van der Waals surface area contributed by atoms with E-state index in [0.29, 0.717) is 29.0 Å². The number of nitrogen functional groups attached to an aromatic ring is 1. The molecule has 0 bridgehead atoms. The van der Waals surface area contributed by atoms with Crippen molar-refractivity contribution in [3.8, 4) is 23.2 Å². The minimum absolute atomic E-state index is 0. The summed E-state index contributed by atoms with van der Waals surface area (Å²) in [7, 11) is 1.76. The smallest absolute Gasteiger partial charge is 0.209 e. The van der Waals surface area contributed by atoms with E-state index in [2.05, 4.69) is 26.8 Å². The van der Waals surface area contributed by atoms with Gasteiger partial charge in [0.1, 0.15) is 17.7 Å². The molecule has 0 aliphatic rings. The van der Waals surface area contributed by atoms with Crippen LogP contribution in [0, 0.1) is 17.7 Å². The van der Waals surface area contributed by atoms with Crippen molar-refractivity contribution in [3.63, 3.8) is 0 Å². The largest absolute Gasteiger partial charge is 0.382 e. The Hall–Kier alpha value is -2.69. The maximum Gasteiger partial charge on any atom is 0.209 e. The number of aliphatic hydroxyl groups is 1. The SMILES string of the molecule is CCC(O)C#Cc1nc(N)c2nc(-c3cccc(F)c3)n(C)c2n1.Cl. The number of nitrogens with two attached hydrogens (primary N) is 1. The summed E-state index contributed by atoms with van der Waals surface area (Å²) in [6, 6.07) is 6.13. The molecular formula is C17H17ClFN5O. The minimum Gasteiger partial charge on any atom is -0.382 e. The number of fused-ring (bicyclic) bond motifs is 1. The number of aliphatic hydroxyl groups excluding tert-OH is 1. The molecule has 3 N–H and O–H groups in total. The predicted octanol–water partition coefficient (Wildman–Crippen LogP) is 2.30. The highest BCUT2D eigenvalue weighted by atomic mass is 35.5. The third-order valence-electron chi connectivity index (χ3n) is 3.57. The zero-order valence-electron chi connectivity index (χ0n) is 13.7. The first kappa shape index (κ1) is 18.6. The summed E-state index contributed by atoms with van der Waals surface area (Å²) in [5.74, 6) is 5.94. The average molecular weight is 362 g/mol.